The van der Waals surface area contributed by atoms with E-state index in [0.717, 1.165) is 34.9 Å². The van der Waals surface area contributed by atoms with E-state index in [-0.39, 0.29) is 5.95 Å². The molecule has 0 aliphatic carbocycles. The van der Waals surface area contributed by atoms with E-state index < -0.39 is 0 Å². The van der Waals surface area contributed by atoms with Gasteiger partial charge in [0.25, 0.3) is 0 Å². The van der Waals surface area contributed by atoms with Gasteiger partial charge in [0.15, 0.2) is 0 Å². The van der Waals surface area contributed by atoms with Gasteiger partial charge in [0.2, 0.25) is 5.95 Å². The molecule has 0 aliphatic rings. The van der Waals surface area contributed by atoms with Crippen molar-refractivity contribution < 1.29 is 9.47 Å². The number of aryl methyl sites for hydroxylation is 1. The van der Waals surface area contributed by atoms with Gasteiger partial charge in [-0.1, -0.05) is 6.92 Å². The average Bonchev–Trinajstić information content (AvgIpc) is 2.52. The van der Waals surface area contributed by atoms with Gasteiger partial charge in [-0.25, -0.2) is 4.98 Å². The summed E-state index contributed by atoms with van der Waals surface area (Å²) in [6.07, 6.45) is 2.58. The lowest BCUT2D eigenvalue weighted by Gasteiger charge is -2.13. The van der Waals surface area contributed by atoms with Crippen molar-refractivity contribution in [3.8, 4) is 11.5 Å². The van der Waals surface area contributed by atoms with Gasteiger partial charge < -0.3 is 20.5 Å². The van der Waals surface area contributed by atoms with E-state index in [2.05, 4.69) is 15.3 Å². The van der Waals surface area contributed by atoms with E-state index in [1.54, 1.807) is 20.4 Å². The fraction of sp³-hybridized carbons (Fsp3) is 0.333. The predicted molar refractivity (Wildman–Crippen MR) is 82.7 cm³/mol. The number of benzene rings is 1. The Bertz CT molecular complexity index is 617. The molecule has 0 amide bonds. The van der Waals surface area contributed by atoms with Gasteiger partial charge >= 0.3 is 0 Å². The number of nitrogens with zero attached hydrogens (tertiary/aromatic N) is 2. The van der Waals surface area contributed by atoms with E-state index in [9.17, 15) is 0 Å². The first-order chi connectivity index (χ1) is 10.2. The fourth-order valence-corrected chi connectivity index (χ4v) is 2.01. The van der Waals surface area contributed by atoms with Crippen molar-refractivity contribution in [2.24, 2.45) is 0 Å². The maximum atomic E-state index is 5.64. The summed E-state index contributed by atoms with van der Waals surface area (Å²) in [5.41, 5.74) is 7.68. The number of hydrogen-bond acceptors (Lipinski definition) is 6. The first kappa shape index (κ1) is 14.9. The summed E-state index contributed by atoms with van der Waals surface area (Å²) in [5, 5.41) is 3.28. The monoisotopic (exact) mass is 288 g/mol. The molecule has 3 N–H and O–H groups in total. The van der Waals surface area contributed by atoms with Gasteiger partial charge in [-0.2, -0.15) is 4.98 Å². The molecule has 6 nitrogen and oxygen atoms in total. The number of methoxy groups -OCH3 is 2. The summed E-state index contributed by atoms with van der Waals surface area (Å²) in [7, 11) is 3.27. The molecule has 0 unspecified atom stereocenters. The predicted octanol–water partition coefficient (Wildman–Crippen LogP) is 2.25. The Hall–Kier alpha value is -2.50. The number of nitrogens with two attached hydrogens (primary N) is 1. The Morgan fingerprint density at radius 2 is 2.00 bits per heavy atom. The molecule has 0 saturated carbocycles. The van der Waals surface area contributed by atoms with Crippen LogP contribution in [0.15, 0.2) is 24.4 Å². The third kappa shape index (κ3) is 3.53. The Morgan fingerprint density at radius 1 is 1.19 bits per heavy atom. The highest BCUT2D eigenvalue weighted by atomic mass is 16.5. The SMILES string of the molecule is CCc1cnc(N)nc1NCc1ccc(OC)cc1OC. The van der Waals surface area contributed by atoms with E-state index in [4.69, 9.17) is 15.2 Å². The minimum atomic E-state index is 0.261. The van der Waals surface area contributed by atoms with E-state index >= 15 is 0 Å². The van der Waals surface area contributed by atoms with Crippen LogP contribution in [-0.2, 0) is 13.0 Å². The van der Waals surface area contributed by atoms with Gasteiger partial charge in [0, 0.05) is 29.9 Å². The molecule has 112 valence electrons. The zero-order chi connectivity index (χ0) is 15.2. The van der Waals surface area contributed by atoms with Crippen molar-refractivity contribution in [1.29, 1.82) is 0 Å². The largest absolute Gasteiger partial charge is 0.497 e. The van der Waals surface area contributed by atoms with Gasteiger partial charge in [-0.15, -0.1) is 0 Å². The van der Waals surface area contributed by atoms with Crippen LogP contribution in [0.25, 0.3) is 0 Å². The summed E-state index contributed by atoms with van der Waals surface area (Å²) < 4.78 is 10.6. The first-order valence-corrected chi connectivity index (χ1v) is 6.74. The molecule has 0 spiro atoms. The smallest absolute Gasteiger partial charge is 0.221 e. The van der Waals surface area contributed by atoms with Crippen molar-refractivity contribution in [2.45, 2.75) is 19.9 Å². The lowest BCUT2D eigenvalue weighted by Crippen LogP contribution is -2.08. The van der Waals surface area contributed by atoms with Crippen molar-refractivity contribution in [2.75, 3.05) is 25.3 Å². The van der Waals surface area contributed by atoms with Crippen molar-refractivity contribution in [3.05, 3.63) is 35.5 Å². The van der Waals surface area contributed by atoms with E-state index in [0.29, 0.717) is 6.54 Å². The molecule has 2 aromatic rings. The minimum absolute atomic E-state index is 0.261. The number of nitrogens with one attached hydrogen (secondary N) is 1. The Balaban J connectivity index is 2.18. The second kappa shape index (κ2) is 6.78. The normalized spacial score (nSPS) is 10.2. The third-order valence-electron chi connectivity index (χ3n) is 3.20. The highest BCUT2D eigenvalue weighted by Gasteiger charge is 2.08. The van der Waals surface area contributed by atoms with Crippen LogP contribution < -0.4 is 20.5 Å². The molecule has 0 aliphatic heterocycles. The van der Waals surface area contributed by atoms with Gasteiger partial charge in [-0.3, -0.25) is 0 Å². The van der Waals surface area contributed by atoms with Crippen LogP contribution >= 0.6 is 0 Å². The van der Waals surface area contributed by atoms with Crippen molar-refractivity contribution in [3.63, 3.8) is 0 Å². The first-order valence-electron chi connectivity index (χ1n) is 6.74. The standard InChI is InChI=1S/C15H20N4O2/c1-4-10-8-18-15(16)19-14(10)17-9-11-5-6-12(20-2)7-13(11)21-3/h5-8H,4,9H2,1-3H3,(H3,16,17,18,19). The number of anilines is 2. The summed E-state index contributed by atoms with van der Waals surface area (Å²) in [5.74, 6) is 2.54. The maximum Gasteiger partial charge on any atom is 0.221 e. The summed E-state index contributed by atoms with van der Waals surface area (Å²) in [6.45, 7) is 2.63. The highest BCUT2D eigenvalue weighted by Crippen LogP contribution is 2.25. The molecule has 0 fully saturated rings. The number of aromatic nitrogens is 2. The molecular formula is C15H20N4O2. The van der Waals surface area contributed by atoms with Crippen LogP contribution in [0.2, 0.25) is 0 Å². The molecule has 2 rings (SSSR count). The number of nitrogen functional groups attached to an aromatic ring is 1. The van der Waals surface area contributed by atoms with Crippen LogP contribution in [-0.4, -0.2) is 24.2 Å². The molecule has 1 aromatic carbocycles. The van der Waals surface area contributed by atoms with Crippen molar-refractivity contribution >= 4 is 11.8 Å². The van der Waals surface area contributed by atoms with Crippen LogP contribution in [0.5, 0.6) is 11.5 Å². The molecule has 21 heavy (non-hydrogen) atoms. The molecule has 0 atom stereocenters. The molecular weight excluding hydrogens is 268 g/mol. The van der Waals surface area contributed by atoms with E-state index in [1.807, 2.05) is 25.1 Å². The second-order valence-corrected chi connectivity index (χ2v) is 4.49. The van der Waals surface area contributed by atoms with Crippen LogP contribution in [0, 0.1) is 0 Å². The molecule has 0 bridgehead atoms. The Morgan fingerprint density at radius 3 is 2.67 bits per heavy atom. The number of rotatable bonds is 6. The third-order valence-corrected chi connectivity index (χ3v) is 3.20. The summed E-state index contributed by atoms with van der Waals surface area (Å²) >= 11 is 0. The highest BCUT2D eigenvalue weighted by molar-refractivity contribution is 5.48. The zero-order valence-corrected chi connectivity index (χ0v) is 12.5. The quantitative estimate of drug-likeness (QED) is 0.848. The molecule has 1 heterocycles. The molecule has 0 radical (unpaired) electrons. The van der Waals surface area contributed by atoms with Crippen LogP contribution in [0.3, 0.4) is 0 Å². The van der Waals surface area contributed by atoms with Gasteiger partial charge in [-0.05, 0) is 18.6 Å². The number of hydrogen-bond donors (Lipinski definition) is 2. The fourth-order valence-electron chi connectivity index (χ4n) is 2.01. The van der Waals surface area contributed by atoms with Crippen molar-refractivity contribution in [1.82, 2.24) is 9.97 Å². The lowest BCUT2D eigenvalue weighted by atomic mass is 10.1. The Kier molecular flexibility index (Phi) is 4.81. The second-order valence-electron chi connectivity index (χ2n) is 4.49. The molecule has 0 saturated heterocycles. The minimum Gasteiger partial charge on any atom is -0.497 e. The van der Waals surface area contributed by atoms with Gasteiger partial charge in [0.05, 0.1) is 14.2 Å². The Labute approximate surface area is 124 Å². The summed E-state index contributed by atoms with van der Waals surface area (Å²) in [4.78, 5) is 8.25. The lowest BCUT2D eigenvalue weighted by molar-refractivity contribution is 0.391. The van der Waals surface area contributed by atoms with E-state index in [1.165, 1.54) is 0 Å². The molecule has 1 aromatic heterocycles. The number of ether oxygens (including phenoxy) is 2. The average molecular weight is 288 g/mol. The van der Waals surface area contributed by atoms with Gasteiger partial charge in [0.1, 0.15) is 17.3 Å². The summed E-state index contributed by atoms with van der Waals surface area (Å²) in [6, 6.07) is 5.71. The molecule has 6 heteroatoms. The van der Waals surface area contributed by atoms with Crippen LogP contribution in [0.4, 0.5) is 11.8 Å². The zero-order valence-electron chi connectivity index (χ0n) is 12.5. The topological polar surface area (TPSA) is 82.3 Å². The maximum absolute atomic E-state index is 5.64. The van der Waals surface area contributed by atoms with Crippen LogP contribution in [0.1, 0.15) is 18.1 Å².